The van der Waals surface area contributed by atoms with Gasteiger partial charge >= 0.3 is 0 Å². The van der Waals surface area contributed by atoms with Gasteiger partial charge in [-0.15, -0.1) is 6.42 Å². The first-order valence-electron chi connectivity index (χ1n) is 6.14. The van der Waals surface area contributed by atoms with E-state index in [4.69, 9.17) is 12.2 Å². The van der Waals surface area contributed by atoms with Crippen LogP contribution in [0.5, 0.6) is 0 Å². The van der Waals surface area contributed by atoms with Crippen LogP contribution >= 0.6 is 0 Å². The predicted octanol–water partition coefficient (Wildman–Crippen LogP) is 1.55. The maximum atomic E-state index is 5.61. The van der Waals surface area contributed by atoms with Crippen LogP contribution in [0.1, 0.15) is 18.5 Å². The number of hydrogen-bond acceptors (Lipinski definition) is 3. The lowest BCUT2D eigenvalue weighted by Gasteiger charge is -2.19. The molecular formula is C14H19N3. The van der Waals surface area contributed by atoms with Gasteiger partial charge in [0, 0.05) is 25.2 Å². The van der Waals surface area contributed by atoms with E-state index >= 15 is 0 Å². The molecule has 0 atom stereocenters. The van der Waals surface area contributed by atoms with Gasteiger partial charge in [-0.3, -0.25) is 9.88 Å². The summed E-state index contributed by atoms with van der Waals surface area (Å²) in [6.07, 6.45) is 10.8. The van der Waals surface area contributed by atoms with Gasteiger partial charge in [-0.1, -0.05) is 5.92 Å². The molecule has 0 saturated heterocycles. The average molecular weight is 229 g/mol. The first-order chi connectivity index (χ1) is 8.28. The number of rotatable bonds is 6. The second-order valence-corrected chi connectivity index (χ2v) is 4.72. The molecule has 1 aromatic heterocycles. The van der Waals surface area contributed by atoms with E-state index in [0.717, 1.165) is 37.7 Å². The molecule has 0 amide bonds. The van der Waals surface area contributed by atoms with Crippen molar-refractivity contribution < 1.29 is 0 Å². The molecule has 0 aliphatic heterocycles. The second-order valence-electron chi connectivity index (χ2n) is 4.72. The summed E-state index contributed by atoms with van der Waals surface area (Å²) in [6, 6.07) is 3.88. The van der Waals surface area contributed by atoms with Crippen LogP contribution in [0.2, 0.25) is 0 Å². The van der Waals surface area contributed by atoms with E-state index in [1.165, 1.54) is 12.8 Å². The van der Waals surface area contributed by atoms with Crippen LogP contribution in [-0.4, -0.2) is 29.5 Å². The number of nitrogen functional groups attached to an aromatic ring is 1. The Kier molecular flexibility index (Phi) is 4.00. The molecule has 3 nitrogen and oxygen atoms in total. The van der Waals surface area contributed by atoms with E-state index < -0.39 is 0 Å². The zero-order chi connectivity index (χ0) is 12.1. The molecule has 1 fully saturated rings. The molecule has 1 heterocycles. The summed E-state index contributed by atoms with van der Waals surface area (Å²) in [6.45, 7) is 2.86. The third-order valence-electron chi connectivity index (χ3n) is 3.06. The van der Waals surface area contributed by atoms with E-state index in [9.17, 15) is 0 Å². The second kappa shape index (κ2) is 5.70. The Bertz CT molecular complexity index is 387. The zero-order valence-electron chi connectivity index (χ0n) is 10.1. The van der Waals surface area contributed by atoms with Crippen LogP contribution < -0.4 is 5.73 Å². The molecule has 1 aromatic rings. The fourth-order valence-corrected chi connectivity index (χ4v) is 1.89. The first-order valence-corrected chi connectivity index (χ1v) is 6.14. The lowest BCUT2D eigenvalue weighted by molar-refractivity contribution is 0.297. The van der Waals surface area contributed by atoms with Crippen LogP contribution in [0.15, 0.2) is 18.3 Å². The van der Waals surface area contributed by atoms with E-state index in [1.807, 2.05) is 12.1 Å². The van der Waals surface area contributed by atoms with Crippen molar-refractivity contribution >= 4 is 5.69 Å². The summed E-state index contributed by atoms with van der Waals surface area (Å²) in [5.41, 5.74) is 7.40. The highest BCUT2D eigenvalue weighted by Gasteiger charge is 2.23. The van der Waals surface area contributed by atoms with E-state index in [1.54, 1.807) is 6.20 Å². The van der Waals surface area contributed by atoms with Crippen molar-refractivity contribution in [2.45, 2.75) is 19.3 Å². The van der Waals surface area contributed by atoms with Crippen LogP contribution in [0.25, 0.3) is 0 Å². The van der Waals surface area contributed by atoms with Crippen LogP contribution in [0.4, 0.5) is 5.69 Å². The predicted molar refractivity (Wildman–Crippen MR) is 70.4 cm³/mol. The van der Waals surface area contributed by atoms with Crippen molar-refractivity contribution in [3.63, 3.8) is 0 Å². The first kappa shape index (κ1) is 11.9. The van der Waals surface area contributed by atoms with Crippen molar-refractivity contribution in [2.24, 2.45) is 5.92 Å². The molecule has 2 rings (SSSR count). The van der Waals surface area contributed by atoms with Crippen molar-refractivity contribution in [2.75, 3.05) is 25.4 Å². The Morgan fingerprint density at radius 3 is 2.88 bits per heavy atom. The molecule has 1 saturated carbocycles. The lowest BCUT2D eigenvalue weighted by atomic mass is 10.2. The summed E-state index contributed by atoms with van der Waals surface area (Å²) < 4.78 is 0. The number of terminal acetylenes is 1. The topological polar surface area (TPSA) is 42.1 Å². The molecule has 2 N–H and O–H groups in total. The van der Waals surface area contributed by atoms with Gasteiger partial charge < -0.3 is 5.73 Å². The van der Waals surface area contributed by atoms with Gasteiger partial charge in [0.05, 0.1) is 18.4 Å². The van der Waals surface area contributed by atoms with Crippen molar-refractivity contribution in [3.05, 3.63) is 24.0 Å². The minimum atomic E-state index is 0.715. The third-order valence-corrected chi connectivity index (χ3v) is 3.06. The van der Waals surface area contributed by atoms with E-state index in [-0.39, 0.29) is 0 Å². The molecule has 0 radical (unpaired) electrons. The number of aromatic nitrogens is 1. The third kappa shape index (κ3) is 4.08. The highest BCUT2D eigenvalue weighted by atomic mass is 15.1. The van der Waals surface area contributed by atoms with Crippen molar-refractivity contribution in [1.29, 1.82) is 0 Å². The van der Waals surface area contributed by atoms with Gasteiger partial charge in [0.25, 0.3) is 0 Å². The normalized spacial score (nSPS) is 14.8. The Hall–Kier alpha value is -1.53. The van der Waals surface area contributed by atoms with Crippen LogP contribution in [0, 0.1) is 18.3 Å². The Morgan fingerprint density at radius 2 is 2.29 bits per heavy atom. The lowest BCUT2D eigenvalue weighted by Crippen LogP contribution is -2.28. The van der Waals surface area contributed by atoms with Gasteiger partial charge in [-0.2, -0.15) is 0 Å². The van der Waals surface area contributed by atoms with Gasteiger partial charge in [0.15, 0.2) is 0 Å². The quantitative estimate of drug-likeness (QED) is 0.753. The van der Waals surface area contributed by atoms with Crippen LogP contribution in [0.3, 0.4) is 0 Å². The molecule has 1 aliphatic carbocycles. The molecule has 17 heavy (non-hydrogen) atoms. The standard InChI is InChI=1S/C14H19N3/c1-2-8-17(11-12-3-4-12)9-7-14-6-5-13(15)10-16-14/h1,5-6,10,12H,3-4,7-9,11,15H2. The summed E-state index contributed by atoms with van der Waals surface area (Å²) in [5, 5.41) is 0. The van der Waals surface area contributed by atoms with Gasteiger partial charge in [-0.25, -0.2) is 0 Å². The number of nitrogens with two attached hydrogens (primary N) is 1. The Balaban J connectivity index is 1.81. The minimum absolute atomic E-state index is 0.715. The van der Waals surface area contributed by atoms with Crippen LogP contribution in [-0.2, 0) is 6.42 Å². The molecule has 1 aliphatic rings. The fourth-order valence-electron chi connectivity index (χ4n) is 1.89. The van der Waals surface area contributed by atoms with Gasteiger partial charge in [-0.05, 0) is 30.9 Å². The largest absolute Gasteiger partial charge is 0.397 e. The van der Waals surface area contributed by atoms with E-state index in [0.29, 0.717) is 5.69 Å². The Labute approximate surface area is 103 Å². The number of anilines is 1. The van der Waals surface area contributed by atoms with E-state index in [2.05, 4.69) is 15.8 Å². The molecule has 0 aromatic carbocycles. The summed E-state index contributed by atoms with van der Waals surface area (Å²) in [5.74, 6) is 3.61. The maximum absolute atomic E-state index is 5.61. The number of hydrogen-bond donors (Lipinski definition) is 1. The highest BCUT2D eigenvalue weighted by Crippen LogP contribution is 2.29. The molecular weight excluding hydrogens is 210 g/mol. The average Bonchev–Trinajstić information content (AvgIpc) is 3.12. The smallest absolute Gasteiger partial charge is 0.0599 e. The van der Waals surface area contributed by atoms with Gasteiger partial charge in [0.2, 0.25) is 0 Å². The SMILES string of the molecule is C#CCN(CCc1ccc(N)cn1)CC1CC1. The summed E-state index contributed by atoms with van der Waals surface area (Å²) in [7, 11) is 0. The van der Waals surface area contributed by atoms with Crippen molar-refractivity contribution in [3.8, 4) is 12.3 Å². The highest BCUT2D eigenvalue weighted by molar-refractivity contribution is 5.34. The minimum Gasteiger partial charge on any atom is -0.397 e. The molecule has 90 valence electrons. The molecule has 0 spiro atoms. The molecule has 3 heteroatoms. The van der Waals surface area contributed by atoms with Crippen molar-refractivity contribution in [1.82, 2.24) is 9.88 Å². The molecule has 0 bridgehead atoms. The number of nitrogens with zero attached hydrogens (tertiary/aromatic N) is 2. The zero-order valence-corrected chi connectivity index (χ0v) is 10.1. The summed E-state index contributed by atoms with van der Waals surface area (Å²) in [4.78, 5) is 6.64. The monoisotopic (exact) mass is 229 g/mol. The molecule has 0 unspecified atom stereocenters. The maximum Gasteiger partial charge on any atom is 0.0599 e. The van der Waals surface area contributed by atoms with Gasteiger partial charge in [0.1, 0.15) is 0 Å². The fraction of sp³-hybridized carbons (Fsp3) is 0.500. The Morgan fingerprint density at radius 1 is 1.47 bits per heavy atom. The number of pyridine rings is 1. The summed E-state index contributed by atoms with van der Waals surface area (Å²) >= 11 is 0.